The van der Waals surface area contributed by atoms with Crippen molar-refractivity contribution in [2.45, 2.75) is 37.5 Å². The van der Waals surface area contributed by atoms with Crippen molar-refractivity contribution in [3.63, 3.8) is 0 Å². The van der Waals surface area contributed by atoms with Gasteiger partial charge in [0.05, 0.1) is 17.2 Å². The highest BCUT2D eigenvalue weighted by Crippen LogP contribution is 2.32. The molecule has 1 N–H and O–H groups in total. The first kappa shape index (κ1) is 18.3. The van der Waals surface area contributed by atoms with Crippen molar-refractivity contribution < 1.29 is 4.79 Å². The molecule has 2 aromatic heterocycles. The van der Waals surface area contributed by atoms with E-state index in [2.05, 4.69) is 45.2 Å². The average Bonchev–Trinajstić information content (AvgIpc) is 3.25. The Bertz CT molecular complexity index is 888. The summed E-state index contributed by atoms with van der Waals surface area (Å²) in [5.74, 6) is 1.93. The second-order valence-corrected chi connectivity index (χ2v) is 8.73. The topological polar surface area (TPSA) is 59.8 Å². The van der Waals surface area contributed by atoms with Crippen LogP contribution in [-0.2, 0) is 11.3 Å². The smallest absolute Gasteiger partial charge is 0.230 e. The minimum Gasteiger partial charge on any atom is -0.353 e. The molecule has 0 spiro atoms. The van der Waals surface area contributed by atoms with Crippen LogP contribution in [0.4, 0.5) is 0 Å². The molecule has 0 unspecified atom stereocenters. The molecule has 2 heterocycles. The van der Waals surface area contributed by atoms with Crippen molar-refractivity contribution in [2.75, 3.05) is 5.75 Å². The van der Waals surface area contributed by atoms with E-state index in [1.807, 2.05) is 29.6 Å². The van der Waals surface area contributed by atoms with E-state index >= 15 is 0 Å². The molecule has 1 fully saturated rings. The van der Waals surface area contributed by atoms with E-state index in [1.54, 1.807) is 11.3 Å². The van der Waals surface area contributed by atoms with Gasteiger partial charge >= 0.3 is 0 Å². The van der Waals surface area contributed by atoms with Gasteiger partial charge in [-0.05, 0) is 42.7 Å². The van der Waals surface area contributed by atoms with E-state index in [-0.39, 0.29) is 11.9 Å². The van der Waals surface area contributed by atoms with E-state index in [9.17, 15) is 4.79 Å². The minimum absolute atomic E-state index is 0.0614. The lowest BCUT2D eigenvalue weighted by molar-refractivity contribution is -0.119. The number of thioether (sulfide) groups is 1. The van der Waals surface area contributed by atoms with Crippen molar-refractivity contribution in [1.29, 1.82) is 0 Å². The molecule has 27 heavy (non-hydrogen) atoms. The first-order valence-corrected chi connectivity index (χ1v) is 11.0. The monoisotopic (exact) mass is 398 g/mol. The first-order valence-electron chi connectivity index (χ1n) is 9.14. The van der Waals surface area contributed by atoms with Crippen LogP contribution in [0, 0.1) is 5.92 Å². The lowest BCUT2D eigenvalue weighted by Gasteiger charge is -2.13. The van der Waals surface area contributed by atoms with Crippen LogP contribution in [0.2, 0.25) is 0 Å². The molecular formula is C20H22N4OS2. The Morgan fingerprint density at radius 2 is 2.07 bits per heavy atom. The predicted octanol–water partition coefficient (Wildman–Crippen LogP) is 4.06. The maximum atomic E-state index is 12.3. The summed E-state index contributed by atoms with van der Waals surface area (Å²) < 4.78 is 2.10. The average molecular weight is 399 g/mol. The van der Waals surface area contributed by atoms with Gasteiger partial charge in [0.25, 0.3) is 0 Å². The van der Waals surface area contributed by atoms with Gasteiger partial charge in [-0.25, -0.2) is 0 Å². The van der Waals surface area contributed by atoms with Gasteiger partial charge in [-0.15, -0.1) is 21.5 Å². The Morgan fingerprint density at radius 1 is 1.26 bits per heavy atom. The highest BCUT2D eigenvalue weighted by Gasteiger charge is 2.29. The minimum atomic E-state index is 0.0614. The Balaban J connectivity index is 1.50. The van der Waals surface area contributed by atoms with Crippen molar-refractivity contribution in [2.24, 2.45) is 5.92 Å². The van der Waals surface area contributed by atoms with Gasteiger partial charge in [0.1, 0.15) is 0 Å². The number of benzene rings is 1. The summed E-state index contributed by atoms with van der Waals surface area (Å²) in [6.45, 7) is 2.77. The van der Waals surface area contributed by atoms with Gasteiger partial charge in [0.15, 0.2) is 11.0 Å². The third-order valence-corrected chi connectivity index (χ3v) is 6.52. The molecule has 1 aliphatic rings. The molecule has 0 bridgehead atoms. The fourth-order valence-corrected chi connectivity index (χ4v) is 4.50. The summed E-state index contributed by atoms with van der Waals surface area (Å²) in [6.07, 6.45) is 2.45. The Morgan fingerprint density at radius 3 is 2.78 bits per heavy atom. The van der Waals surface area contributed by atoms with Crippen molar-refractivity contribution >= 4 is 29.0 Å². The van der Waals surface area contributed by atoms with Gasteiger partial charge in [0.2, 0.25) is 5.91 Å². The van der Waals surface area contributed by atoms with E-state index in [0.29, 0.717) is 18.2 Å². The fraction of sp³-hybridized carbons (Fsp3) is 0.350. The summed E-state index contributed by atoms with van der Waals surface area (Å²) in [7, 11) is 0. The number of amides is 1. The summed E-state index contributed by atoms with van der Waals surface area (Å²) in [6, 6.07) is 14.6. The molecule has 0 aliphatic heterocycles. The largest absolute Gasteiger partial charge is 0.353 e. The van der Waals surface area contributed by atoms with Crippen LogP contribution in [0.1, 0.15) is 25.3 Å². The lowest BCUT2D eigenvalue weighted by Crippen LogP contribution is -2.35. The zero-order chi connectivity index (χ0) is 18.6. The summed E-state index contributed by atoms with van der Waals surface area (Å²) in [4.78, 5) is 13.4. The molecule has 1 aliphatic carbocycles. The Labute approximate surface area is 167 Å². The summed E-state index contributed by atoms with van der Waals surface area (Å²) in [5.41, 5.74) is 1.18. The third kappa shape index (κ3) is 4.59. The number of thiophene rings is 1. The molecule has 3 aromatic rings. The molecule has 7 heteroatoms. The molecule has 5 nitrogen and oxygen atoms in total. The quantitative estimate of drug-likeness (QED) is 0.581. The number of nitrogens with one attached hydrogen (secondary N) is 1. The van der Waals surface area contributed by atoms with Gasteiger partial charge in [-0.3, -0.25) is 9.36 Å². The van der Waals surface area contributed by atoms with Gasteiger partial charge in [-0.2, -0.15) is 0 Å². The number of rotatable bonds is 8. The number of hydrogen-bond donors (Lipinski definition) is 1. The Kier molecular flexibility index (Phi) is 5.59. The van der Waals surface area contributed by atoms with E-state index in [0.717, 1.165) is 15.9 Å². The van der Waals surface area contributed by atoms with Crippen LogP contribution in [-0.4, -0.2) is 32.5 Å². The summed E-state index contributed by atoms with van der Waals surface area (Å²) >= 11 is 3.09. The van der Waals surface area contributed by atoms with Crippen LogP contribution in [0.15, 0.2) is 53.0 Å². The molecule has 0 saturated heterocycles. The van der Waals surface area contributed by atoms with E-state index < -0.39 is 0 Å². The number of nitrogens with zero attached hydrogens (tertiary/aromatic N) is 3. The number of hydrogen-bond acceptors (Lipinski definition) is 5. The molecule has 1 amide bonds. The second-order valence-electron chi connectivity index (χ2n) is 6.84. The van der Waals surface area contributed by atoms with Crippen molar-refractivity contribution in [3.8, 4) is 10.7 Å². The first-order chi connectivity index (χ1) is 13.2. The molecule has 140 valence electrons. The molecule has 1 saturated carbocycles. The number of aromatic nitrogens is 3. The molecular weight excluding hydrogens is 376 g/mol. The van der Waals surface area contributed by atoms with Gasteiger partial charge in [-0.1, -0.05) is 48.2 Å². The number of carbonyl (C=O) groups excluding carboxylic acids is 1. The maximum absolute atomic E-state index is 12.3. The lowest BCUT2D eigenvalue weighted by atomic mass is 10.2. The maximum Gasteiger partial charge on any atom is 0.230 e. The Hall–Kier alpha value is -2.12. The third-order valence-electron chi connectivity index (χ3n) is 4.69. The predicted molar refractivity (Wildman–Crippen MR) is 110 cm³/mol. The van der Waals surface area contributed by atoms with Gasteiger partial charge in [0, 0.05) is 6.04 Å². The molecule has 4 rings (SSSR count). The van der Waals surface area contributed by atoms with Crippen LogP contribution >= 0.6 is 23.1 Å². The van der Waals surface area contributed by atoms with E-state index in [1.165, 1.54) is 30.2 Å². The highest BCUT2D eigenvalue weighted by atomic mass is 32.2. The van der Waals surface area contributed by atoms with Crippen LogP contribution in [0.3, 0.4) is 0 Å². The molecule has 1 atom stereocenters. The van der Waals surface area contributed by atoms with Crippen molar-refractivity contribution in [1.82, 2.24) is 20.1 Å². The van der Waals surface area contributed by atoms with Crippen LogP contribution < -0.4 is 5.32 Å². The number of carbonyl (C=O) groups is 1. The zero-order valence-corrected chi connectivity index (χ0v) is 16.8. The molecule has 0 radical (unpaired) electrons. The fourth-order valence-electron chi connectivity index (χ4n) is 3.03. The van der Waals surface area contributed by atoms with Crippen LogP contribution in [0.25, 0.3) is 10.7 Å². The normalized spacial score (nSPS) is 14.9. The second kappa shape index (κ2) is 8.27. The molecule has 1 aromatic carbocycles. The highest BCUT2D eigenvalue weighted by molar-refractivity contribution is 7.99. The van der Waals surface area contributed by atoms with Crippen molar-refractivity contribution in [3.05, 3.63) is 53.4 Å². The van der Waals surface area contributed by atoms with Gasteiger partial charge < -0.3 is 5.32 Å². The zero-order valence-electron chi connectivity index (χ0n) is 15.2. The standard InChI is InChI=1S/C20H22N4OS2/c1-14(16-9-10-16)21-18(25)13-27-20-23-22-19(17-8-5-11-26-17)24(20)12-15-6-3-2-4-7-15/h2-8,11,14,16H,9-10,12-13H2,1H3,(H,21,25)/t14-/m1/s1. The summed E-state index contributed by atoms with van der Waals surface area (Å²) in [5, 5.41) is 14.7. The SMILES string of the molecule is C[C@@H](NC(=O)CSc1nnc(-c2cccs2)n1Cc1ccccc1)C1CC1. The van der Waals surface area contributed by atoms with Crippen LogP contribution in [0.5, 0.6) is 0 Å². The van der Waals surface area contributed by atoms with E-state index in [4.69, 9.17) is 0 Å².